The third-order valence-electron chi connectivity index (χ3n) is 0.589. The molecule has 0 aromatic carbocycles. The monoisotopic (exact) mass is 344 g/mol. The summed E-state index contributed by atoms with van der Waals surface area (Å²) >= 11 is -0.964. The van der Waals surface area contributed by atoms with Crippen LogP contribution >= 0.6 is 16.1 Å². The van der Waals surface area contributed by atoms with Gasteiger partial charge in [0.05, 0.1) is 0 Å². The average molecular weight is 344 g/mol. The van der Waals surface area contributed by atoms with Crippen molar-refractivity contribution in [1.29, 1.82) is 0 Å². The van der Waals surface area contributed by atoms with E-state index in [9.17, 15) is 0 Å². The van der Waals surface area contributed by atoms with Gasteiger partial charge >= 0.3 is 65.1 Å². The Morgan fingerprint density at radius 2 is 2.12 bits per heavy atom. The van der Waals surface area contributed by atoms with E-state index in [0.717, 1.165) is 4.55 Å². The van der Waals surface area contributed by atoms with E-state index in [1.807, 2.05) is 0 Å². The Balaban J connectivity index is 3.35. The summed E-state index contributed by atoms with van der Waals surface area (Å²) < 4.78 is 8.62. The Morgan fingerprint density at radius 1 is 1.62 bits per heavy atom. The molecule has 0 rings (SSSR count). The molecule has 0 radical (unpaired) electrons. The van der Waals surface area contributed by atoms with Crippen molar-refractivity contribution in [2.75, 3.05) is 18.6 Å². The molecule has 0 aromatic rings. The molecule has 0 bridgehead atoms. The summed E-state index contributed by atoms with van der Waals surface area (Å²) in [5.41, 5.74) is 5.46. The van der Waals surface area contributed by atoms with E-state index >= 15 is 0 Å². The van der Waals surface area contributed by atoms with Crippen molar-refractivity contribution in [3.8, 4) is 0 Å². The first kappa shape index (κ1) is 9.34. The Hall–Kier alpha value is 1.34. The van der Waals surface area contributed by atoms with E-state index in [1.165, 1.54) is 0 Å². The van der Waals surface area contributed by atoms with Gasteiger partial charge in [-0.05, 0) is 0 Å². The minimum absolute atomic E-state index is 0.0412. The van der Waals surface area contributed by atoms with Crippen molar-refractivity contribution in [2.24, 2.45) is 9.68 Å². The SMILES string of the molecule is CN(C)I(CN)[I-]N. The molecule has 0 unspecified atom stereocenters. The van der Waals surface area contributed by atoms with Crippen LogP contribution in [0.1, 0.15) is 0 Å². The van der Waals surface area contributed by atoms with Gasteiger partial charge in [-0.3, -0.25) is 0 Å². The fourth-order valence-corrected chi connectivity index (χ4v) is 5.76. The van der Waals surface area contributed by atoms with Gasteiger partial charge in [-0.1, -0.05) is 0 Å². The van der Waals surface area contributed by atoms with Crippen LogP contribution < -0.4 is 27.2 Å². The Kier molecular flexibility index (Phi) is 6.01. The van der Waals surface area contributed by atoms with Crippen LogP contribution in [0.25, 0.3) is 0 Å². The predicted octanol–water partition coefficient (Wildman–Crippen LogP) is -3.24. The van der Waals surface area contributed by atoms with Gasteiger partial charge in [0.25, 0.3) is 0 Å². The molecule has 5 heteroatoms. The molecule has 3 nitrogen and oxygen atoms in total. The van der Waals surface area contributed by atoms with Crippen LogP contribution in [0.15, 0.2) is 0 Å². The standard InChI is InChI=1S/C3H12I2N3/c1-8(2)5(3-6)4-7/h3,6-7H2,1-2H3/q-1. The topological polar surface area (TPSA) is 55.3 Å². The number of rotatable bonds is 3. The Bertz CT molecular complexity index is 54.5. The maximum absolute atomic E-state index is 5.54. The molecule has 0 aliphatic carbocycles. The first-order chi connectivity index (χ1) is 3.72. The fraction of sp³-hybridized carbons (Fsp3) is 1.00. The van der Waals surface area contributed by atoms with Crippen molar-refractivity contribution in [3.05, 3.63) is 0 Å². The molecular formula is C3H12I2N3-. The second kappa shape index (κ2) is 5.15. The van der Waals surface area contributed by atoms with E-state index in [1.54, 1.807) is 0 Å². The van der Waals surface area contributed by atoms with Gasteiger partial charge in [-0.15, -0.1) is 0 Å². The van der Waals surface area contributed by atoms with Crippen molar-refractivity contribution in [2.45, 2.75) is 0 Å². The minimum atomic E-state index is -0.923. The zero-order valence-electron chi connectivity index (χ0n) is 5.06. The number of hydrogen-bond acceptors (Lipinski definition) is 3. The quantitative estimate of drug-likeness (QED) is 0.245. The molecule has 0 amide bonds. The van der Waals surface area contributed by atoms with Crippen LogP contribution in [0.2, 0.25) is 0 Å². The van der Waals surface area contributed by atoms with Crippen molar-refractivity contribution < 1.29 is 17.5 Å². The van der Waals surface area contributed by atoms with Gasteiger partial charge in [0, 0.05) is 0 Å². The zero-order valence-corrected chi connectivity index (χ0v) is 9.38. The number of halogens is 2. The molecule has 0 saturated carbocycles. The van der Waals surface area contributed by atoms with Crippen LogP contribution in [0.4, 0.5) is 0 Å². The van der Waals surface area contributed by atoms with Crippen LogP contribution in [-0.2, 0) is 0 Å². The van der Waals surface area contributed by atoms with Crippen molar-refractivity contribution >= 4 is 16.1 Å². The summed E-state index contributed by atoms with van der Waals surface area (Å²) in [4.78, 5) is 0. The van der Waals surface area contributed by atoms with Crippen molar-refractivity contribution in [3.63, 3.8) is 0 Å². The summed E-state index contributed by atoms with van der Waals surface area (Å²) in [5.74, 6) is 0. The molecule has 0 fully saturated rings. The van der Waals surface area contributed by atoms with Gasteiger partial charge in [-0.2, -0.15) is 0 Å². The van der Waals surface area contributed by atoms with Gasteiger partial charge in [0.2, 0.25) is 0 Å². The first-order valence-electron chi connectivity index (χ1n) is 2.10. The second-order valence-electron chi connectivity index (χ2n) is 1.31. The summed E-state index contributed by atoms with van der Waals surface area (Å²) in [6, 6.07) is 0. The van der Waals surface area contributed by atoms with E-state index in [0.29, 0.717) is 0 Å². The van der Waals surface area contributed by atoms with Crippen molar-refractivity contribution in [1.82, 2.24) is 3.11 Å². The predicted molar refractivity (Wildman–Crippen MR) is 40.9 cm³/mol. The molecule has 8 heavy (non-hydrogen) atoms. The van der Waals surface area contributed by atoms with Crippen LogP contribution in [0, 0.1) is 0 Å². The fourth-order valence-electron chi connectivity index (χ4n) is 0.245. The third kappa shape index (κ3) is 3.38. The summed E-state index contributed by atoms with van der Waals surface area (Å²) in [7, 11) is 4.15. The number of alkyl halides is 1. The normalized spacial score (nSPS) is 12.9. The summed E-state index contributed by atoms with van der Waals surface area (Å²) in [6.45, 7) is 0. The second-order valence-corrected chi connectivity index (χ2v) is 15.7. The molecule has 0 atom stereocenters. The maximum atomic E-state index is 5.54. The molecule has 0 aliphatic rings. The van der Waals surface area contributed by atoms with Crippen LogP contribution in [0.3, 0.4) is 0 Å². The van der Waals surface area contributed by atoms with E-state index in [4.69, 9.17) is 9.68 Å². The van der Waals surface area contributed by atoms with E-state index < -0.39 is 16.1 Å². The average Bonchev–Trinajstić information content (AvgIpc) is 1.69. The molecule has 0 aliphatic heterocycles. The Morgan fingerprint density at radius 3 is 2.12 bits per heavy atom. The molecule has 0 saturated heterocycles. The summed E-state index contributed by atoms with van der Waals surface area (Å²) in [6.07, 6.45) is 0. The first-order valence-corrected chi connectivity index (χ1v) is 12.1. The molecule has 0 spiro atoms. The Labute approximate surface area is 64.6 Å². The van der Waals surface area contributed by atoms with Gasteiger partial charge in [-0.25, -0.2) is 0 Å². The molecule has 0 heterocycles. The third-order valence-corrected chi connectivity index (χ3v) is 14.7. The molecule has 4 N–H and O–H groups in total. The number of nitrogens with two attached hydrogens (primary N) is 2. The molecule has 0 aromatic heterocycles. The zero-order chi connectivity index (χ0) is 6.57. The van der Waals surface area contributed by atoms with Gasteiger partial charge in [0.1, 0.15) is 0 Å². The van der Waals surface area contributed by atoms with Crippen LogP contribution in [-0.4, -0.2) is 21.8 Å². The summed E-state index contributed by atoms with van der Waals surface area (Å²) in [5, 5.41) is 0. The van der Waals surface area contributed by atoms with E-state index in [2.05, 4.69) is 17.2 Å². The molecule has 54 valence electrons. The van der Waals surface area contributed by atoms with Gasteiger partial charge in [0.15, 0.2) is 0 Å². The number of hydrogen-bond donors (Lipinski definition) is 2. The van der Waals surface area contributed by atoms with E-state index in [-0.39, 0.29) is 17.5 Å². The molecular weight excluding hydrogens is 332 g/mol. The number of nitrogens with zero attached hydrogens (tertiary/aromatic N) is 1. The van der Waals surface area contributed by atoms with Gasteiger partial charge < -0.3 is 0 Å². The van der Waals surface area contributed by atoms with Crippen LogP contribution in [0.5, 0.6) is 0 Å².